The summed E-state index contributed by atoms with van der Waals surface area (Å²) < 4.78 is 10.3. The van der Waals surface area contributed by atoms with Crippen molar-refractivity contribution in [1.82, 2.24) is 0 Å². The highest BCUT2D eigenvalue weighted by atomic mass is 16.5. The molecule has 0 N–H and O–H groups in total. The van der Waals surface area contributed by atoms with Crippen LogP contribution in [-0.4, -0.2) is 20.5 Å². The smallest absolute Gasteiger partial charge is 0.124 e. The van der Waals surface area contributed by atoms with Gasteiger partial charge in [-0.1, -0.05) is 12.1 Å². The molecular formula is C12H16O3. The summed E-state index contributed by atoms with van der Waals surface area (Å²) in [6.07, 6.45) is 2.23. The number of ether oxygens (including phenoxy) is 2. The first-order valence-electron chi connectivity index (χ1n) is 4.90. The number of carbonyl (C=O) groups is 1. The van der Waals surface area contributed by atoms with Crippen LogP contribution in [0.5, 0.6) is 5.75 Å². The maximum absolute atomic E-state index is 10.3. The van der Waals surface area contributed by atoms with E-state index in [0.29, 0.717) is 13.0 Å². The highest BCUT2D eigenvalue weighted by molar-refractivity contribution is 5.50. The maximum Gasteiger partial charge on any atom is 0.124 e. The molecule has 0 saturated carbocycles. The summed E-state index contributed by atoms with van der Waals surface area (Å²) in [5.74, 6) is 0.820. The molecule has 0 radical (unpaired) electrons. The number of methoxy groups -OCH3 is 2. The van der Waals surface area contributed by atoms with Crippen LogP contribution in [-0.2, 0) is 22.6 Å². The number of aryl methyl sites for hydroxylation is 1. The van der Waals surface area contributed by atoms with E-state index in [2.05, 4.69) is 0 Å². The minimum Gasteiger partial charge on any atom is -0.496 e. The first-order chi connectivity index (χ1) is 7.31. The van der Waals surface area contributed by atoms with Gasteiger partial charge in [0.05, 0.1) is 13.7 Å². The molecule has 0 atom stereocenters. The Labute approximate surface area is 90.0 Å². The number of benzene rings is 1. The number of rotatable bonds is 6. The lowest BCUT2D eigenvalue weighted by Crippen LogP contribution is -1.96. The number of carbonyl (C=O) groups excluding carboxylic acids is 1. The van der Waals surface area contributed by atoms with Crippen LogP contribution in [0.3, 0.4) is 0 Å². The normalized spacial score (nSPS) is 10.0. The van der Waals surface area contributed by atoms with Gasteiger partial charge in [-0.25, -0.2) is 0 Å². The molecule has 82 valence electrons. The largest absolute Gasteiger partial charge is 0.496 e. The molecule has 0 saturated heterocycles. The van der Waals surface area contributed by atoms with E-state index in [4.69, 9.17) is 9.47 Å². The monoisotopic (exact) mass is 208 g/mol. The van der Waals surface area contributed by atoms with Gasteiger partial charge in [0.25, 0.3) is 0 Å². The van der Waals surface area contributed by atoms with Gasteiger partial charge < -0.3 is 14.3 Å². The third-order valence-electron chi connectivity index (χ3n) is 2.20. The Morgan fingerprint density at radius 3 is 2.73 bits per heavy atom. The Hall–Kier alpha value is -1.35. The lowest BCUT2D eigenvalue weighted by Gasteiger charge is -2.09. The molecule has 0 amide bonds. The summed E-state index contributed by atoms with van der Waals surface area (Å²) in [7, 11) is 3.29. The van der Waals surface area contributed by atoms with Gasteiger partial charge >= 0.3 is 0 Å². The SMILES string of the molecule is COCc1ccc(CCC=O)cc1OC. The third-order valence-corrected chi connectivity index (χ3v) is 2.20. The molecule has 0 aliphatic carbocycles. The molecule has 0 aliphatic heterocycles. The molecule has 0 aromatic heterocycles. The Morgan fingerprint density at radius 1 is 1.33 bits per heavy atom. The summed E-state index contributed by atoms with van der Waals surface area (Å²) in [4.78, 5) is 10.3. The molecule has 1 aromatic rings. The minimum absolute atomic E-state index is 0.539. The lowest BCUT2D eigenvalue weighted by atomic mass is 10.1. The molecule has 0 bridgehead atoms. The van der Waals surface area contributed by atoms with E-state index >= 15 is 0 Å². The number of hydrogen-bond donors (Lipinski definition) is 0. The van der Waals surface area contributed by atoms with E-state index in [1.807, 2.05) is 18.2 Å². The first kappa shape index (κ1) is 11.7. The predicted octanol–water partition coefficient (Wildman–Crippen LogP) is 1.97. The van der Waals surface area contributed by atoms with Crippen molar-refractivity contribution >= 4 is 6.29 Å². The second-order valence-electron chi connectivity index (χ2n) is 3.28. The average molecular weight is 208 g/mol. The van der Waals surface area contributed by atoms with Crippen LogP contribution in [0.25, 0.3) is 0 Å². The fourth-order valence-corrected chi connectivity index (χ4v) is 1.44. The Kier molecular flexibility index (Phi) is 4.84. The van der Waals surface area contributed by atoms with Crippen molar-refractivity contribution in [3.05, 3.63) is 29.3 Å². The first-order valence-corrected chi connectivity index (χ1v) is 4.90. The molecule has 15 heavy (non-hydrogen) atoms. The van der Waals surface area contributed by atoms with Gasteiger partial charge in [0, 0.05) is 19.1 Å². The van der Waals surface area contributed by atoms with Crippen LogP contribution in [0.1, 0.15) is 17.5 Å². The third kappa shape index (κ3) is 3.36. The van der Waals surface area contributed by atoms with Crippen LogP contribution < -0.4 is 4.74 Å². The Bertz CT molecular complexity index is 321. The van der Waals surface area contributed by atoms with Crippen molar-refractivity contribution < 1.29 is 14.3 Å². The molecule has 0 heterocycles. The van der Waals surface area contributed by atoms with E-state index in [1.54, 1.807) is 14.2 Å². The van der Waals surface area contributed by atoms with Gasteiger partial charge in [-0.15, -0.1) is 0 Å². The van der Waals surface area contributed by atoms with Gasteiger partial charge in [-0.3, -0.25) is 0 Å². The zero-order chi connectivity index (χ0) is 11.1. The second-order valence-corrected chi connectivity index (χ2v) is 3.28. The van der Waals surface area contributed by atoms with E-state index in [1.165, 1.54) is 0 Å². The Morgan fingerprint density at radius 2 is 2.13 bits per heavy atom. The standard InChI is InChI=1S/C12H16O3/c1-14-9-11-6-5-10(4-3-7-13)8-12(11)15-2/h5-8H,3-4,9H2,1-2H3. The van der Waals surface area contributed by atoms with Crippen molar-refractivity contribution in [2.45, 2.75) is 19.4 Å². The minimum atomic E-state index is 0.539. The fraction of sp³-hybridized carbons (Fsp3) is 0.417. The fourth-order valence-electron chi connectivity index (χ4n) is 1.44. The molecule has 0 fully saturated rings. The zero-order valence-corrected chi connectivity index (χ0v) is 9.16. The van der Waals surface area contributed by atoms with Crippen molar-refractivity contribution in [2.24, 2.45) is 0 Å². The van der Waals surface area contributed by atoms with Crippen LogP contribution in [0.4, 0.5) is 0 Å². The van der Waals surface area contributed by atoms with Gasteiger partial charge in [0.1, 0.15) is 12.0 Å². The van der Waals surface area contributed by atoms with Crippen LogP contribution in [0.2, 0.25) is 0 Å². The van der Waals surface area contributed by atoms with Crippen LogP contribution in [0, 0.1) is 0 Å². The molecule has 3 nitrogen and oxygen atoms in total. The zero-order valence-electron chi connectivity index (χ0n) is 9.16. The lowest BCUT2D eigenvalue weighted by molar-refractivity contribution is -0.107. The molecule has 0 aliphatic rings. The average Bonchev–Trinajstić information content (AvgIpc) is 2.28. The maximum atomic E-state index is 10.3. The second kappa shape index (κ2) is 6.19. The summed E-state index contributed by atoms with van der Waals surface area (Å²) >= 11 is 0. The van der Waals surface area contributed by atoms with Crippen molar-refractivity contribution in [3.63, 3.8) is 0 Å². The molecule has 0 unspecified atom stereocenters. The van der Waals surface area contributed by atoms with E-state index in [9.17, 15) is 4.79 Å². The number of hydrogen-bond acceptors (Lipinski definition) is 3. The van der Waals surface area contributed by atoms with E-state index in [0.717, 1.165) is 29.6 Å². The van der Waals surface area contributed by atoms with E-state index < -0.39 is 0 Å². The predicted molar refractivity (Wildman–Crippen MR) is 58.1 cm³/mol. The highest BCUT2D eigenvalue weighted by Gasteiger charge is 2.03. The van der Waals surface area contributed by atoms with E-state index in [-0.39, 0.29) is 0 Å². The molecule has 1 aromatic carbocycles. The van der Waals surface area contributed by atoms with Gasteiger partial charge in [-0.05, 0) is 18.1 Å². The molecule has 1 rings (SSSR count). The molecular weight excluding hydrogens is 192 g/mol. The summed E-state index contributed by atoms with van der Waals surface area (Å²) in [6, 6.07) is 5.93. The summed E-state index contributed by atoms with van der Waals surface area (Å²) in [5, 5.41) is 0. The molecule has 3 heteroatoms. The van der Waals surface area contributed by atoms with Crippen molar-refractivity contribution in [1.29, 1.82) is 0 Å². The van der Waals surface area contributed by atoms with Gasteiger partial charge in [0.15, 0.2) is 0 Å². The van der Waals surface area contributed by atoms with Crippen molar-refractivity contribution in [2.75, 3.05) is 14.2 Å². The van der Waals surface area contributed by atoms with Gasteiger partial charge in [-0.2, -0.15) is 0 Å². The number of aldehydes is 1. The Balaban J connectivity index is 2.81. The van der Waals surface area contributed by atoms with Crippen LogP contribution in [0.15, 0.2) is 18.2 Å². The van der Waals surface area contributed by atoms with Crippen LogP contribution >= 0.6 is 0 Å². The summed E-state index contributed by atoms with van der Waals surface area (Å²) in [5.41, 5.74) is 2.13. The summed E-state index contributed by atoms with van der Waals surface area (Å²) in [6.45, 7) is 0.539. The van der Waals surface area contributed by atoms with Gasteiger partial charge in [0.2, 0.25) is 0 Å². The van der Waals surface area contributed by atoms with Crippen molar-refractivity contribution in [3.8, 4) is 5.75 Å². The quantitative estimate of drug-likeness (QED) is 0.670. The topological polar surface area (TPSA) is 35.5 Å². The molecule has 0 spiro atoms. The highest BCUT2D eigenvalue weighted by Crippen LogP contribution is 2.21.